The van der Waals surface area contributed by atoms with Crippen LogP contribution in [0.3, 0.4) is 0 Å². The molecule has 0 amide bonds. The van der Waals surface area contributed by atoms with Crippen LogP contribution in [0.4, 0.5) is 0 Å². The highest BCUT2D eigenvalue weighted by Crippen LogP contribution is 2.17. The molecular formula is C73H124O6. The monoisotopic (exact) mass is 1100 g/mol. The molecule has 0 saturated carbocycles. The van der Waals surface area contributed by atoms with E-state index < -0.39 is 6.10 Å². The van der Waals surface area contributed by atoms with Crippen LogP contribution in [0.2, 0.25) is 0 Å². The first-order valence-electron chi connectivity index (χ1n) is 33.4. The maximum atomic E-state index is 12.8. The highest BCUT2D eigenvalue weighted by atomic mass is 16.6. The van der Waals surface area contributed by atoms with Gasteiger partial charge >= 0.3 is 17.9 Å². The molecule has 1 unspecified atom stereocenters. The van der Waals surface area contributed by atoms with Gasteiger partial charge in [0.1, 0.15) is 13.2 Å². The van der Waals surface area contributed by atoms with Crippen LogP contribution in [0.1, 0.15) is 316 Å². The number of ether oxygens (including phenoxy) is 3. The van der Waals surface area contributed by atoms with Crippen molar-refractivity contribution in [3.8, 4) is 0 Å². The third-order valence-electron chi connectivity index (χ3n) is 14.3. The lowest BCUT2D eigenvalue weighted by atomic mass is 10.0. The van der Waals surface area contributed by atoms with Gasteiger partial charge in [-0.3, -0.25) is 14.4 Å². The molecule has 0 aromatic rings. The van der Waals surface area contributed by atoms with Crippen LogP contribution in [0.15, 0.2) is 109 Å². The summed E-state index contributed by atoms with van der Waals surface area (Å²) in [7, 11) is 0. The van der Waals surface area contributed by atoms with Gasteiger partial charge in [0.25, 0.3) is 0 Å². The molecule has 0 N–H and O–H groups in total. The number of rotatable bonds is 60. The van der Waals surface area contributed by atoms with E-state index in [1.165, 1.54) is 148 Å². The SMILES string of the molecule is CC/C=C\C/C=C\C/C=C\C/C=C\C/C=C\CCCCCCCCCCCC(=O)OC(COC(=O)CCCCCCC)COC(=O)CCCCCCCCCCCCCCCCCCCC/C=C\C/C=C\C/C=C\C/C=C\CC. The topological polar surface area (TPSA) is 78.9 Å². The molecule has 0 aliphatic carbocycles. The van der Waals surface area contributed by atoms with Gasteiger partial charge < -0.3 is 14.2 Å². The smallest absolute Gasteiger partial charge is 0.306 e. The maximum Gasteiger partial charge on any atom is 0.306 e. The minimum absolute atomic E-state index is 0.0781. The van der Waals surface area contributed by atoms with Crippen molar-refractivity contribution < 1.29 is 28.6 Å². The minimum Gasteiger partial charge on any atom is -0.462 e. The number of esters is 3. The zero-order chi connectivity index (χ0) is 57.1. The molecule has 6 heteroatoms. The highest BCUT2D eigenvalue weighted by molar-refractivity contribution is 5.71. The first-order valence-corrected chi connectivity index (χ1v) is 33.4. The van der Waals surface area contributed by atoms with Crippen LogP contribution >= 0.6 is 0 Å². The number of unbranched alkanes of at least 4 members (excludes halogenated alkanes) is 31. The van der Waals surface area contributed by atoms with Crippen molar-refractivity contribution in [1.82, 2.24) is 0 Å². The van der Waals surface area contributed by atoms with E-state index in [0.29, 0.717) is 19.3 Å². The molecule has 6 nitrogen and oxygen atoms in total. The molecule has 0 bridgehead atoms. The van der Waals surface area contributed by atoms with E-state index in [1.807, 2.05) is 0 Å². The zero-order valence-electron chi connectivity index (χ0n) is 51.9. The normalized spacial score (nSPS) is 12.8. The summed E-state index contributed by atoms with van der Waals surface area (Å²) in [6.45, 7) is 6.35. The molecule has 0 radical (unpaired) electrons. The third kappa shape index (κ3) is 64.8. The van der Waals surface area contributed by atoms with Crippen LogP contribution in [0.5, 0.6) is 0 Å². The second-order valence-corrected chi connectivity index (χ2v) is 22.0. The van der Waals surface area contributed by atoms with Gasteiger partial charge in [-0.1, -0.05) is 304 Å². The summed E-state index contributed by atoms with van der Waals surface area (Å²) in [5.74, 6) is -0.889. The predicted molar refractivity (Wildman–Crippen MR) is 343 cm³/mol. The van der Waals surface area contributed by atoms with Crippen LogP contribution < -0.4 is 0 Å². The van der Waals surface area contributed by atoms with Gasteiger partial charge in [-0.2, -0.15) is 0 Å². The Hall–Kier alpha value is -3.93. The molecular weight excluding hydrogens is 973 g/mol. The second-order valence-electron chi connectivity index (χ2n) is 22.0. The number of carbonyl (C=O) groups excluding carboxylic acids is 3. The van der Waals surface area contributed by atoms with Crippen LogP contribution in [-0.2, 0) is 28.6 Å². The third-order valence-corrected chi connectivity index (χ3v) is 14.3. The molecule has 0 aliphatic heterocycles. The molecule has 0 aromatic heterocycles. The van der Waals surface area contributed by atoms with E-state index in [9.17, 15) is 14.4 Å². The van der Waals surface area contributed by atoms with Crippen molar-refractivity contribution in [2.24, 2.45) is 0 Å². The van der Waals surface area contributed by atoms with E-state index in [4.69, 9.17) is 14.2 Å². The Morgan fingerprint density at radius 2 is 0.494 bits per heavy atom. The number of hydrogen-bond acceptors (Lipinski definition) is 6. The fourth-order valence-corrected chi connectivity index (χ4v) is 9.35. The van der Waals surface area contributed by atoms with Gasteiger partial charge in [0.05, 0.1) is 0 Å². The van der Waals surface area contributed by atoms with Gasteiger partial charge in [0.15, 0.2) is 6.10 Å². The average molecular weight is 1100 g/mol. The summed E-state index contributed by atoms with van der Waals surface area (Å²) >= 11 is 0. The van der Waals surface area contributed by atoms with E-state index in [0.717, 1.165) is 128 Å². The van der Waals surface area contributed by atoms with Gasteiger partial charge in [-0.15, -0.1) is 0 Å². The van der Waals surface area contributed by atoms with Gasteiger partial charge in [-0.25, -0.2) is 0 Å². The maximum absolute atomic E-state index is 12.8. The summed E-state index contributed by atoms with van der Waals surface area (Å²) in [6, 6.07) is 0. The molecule has 0 aliphatic rings. The molecule has 452 valence electrons. The Morgan fingerprint density at radius 3 is 0.772 bits per heavy atom. The summed E-state index contributed by atoms with van der Waals surface area (Å²) < 4.78 is 16.8. The summed E-state index contributed by atoms with van der Waals surface area (Å²) in [5, 5.41) is 0. The Labute approximate surface area is 489 Å². The molecule has 79 heavy (non-hydrogen) atoms. The van der Waals surface area contributed by atoms with Crippen molar-refractivity contribution in [2.75, 3.05) is 13.2 Å². The molecule has 0 spiro atoms. The summed E-state index contributed by atoms with van der Waals surface area (Å²) in [6.07, 6.45) is 91.6. The van der Waals surface area contributed by atoms with Crippen LogP contribution in [-0.4, -0.2) is 37.2 Å². The van der Waals surface area contributed by atoms with Crippen LogP contribution in [0, 0.1) is 0 Å². The van der Waals surface area contributed by atoms with Crippen LogP contribution in [0.25, 0.3) is 0 Å². The molecule has 0 aromatic carbocycles. The standard InChI is InChI=1S/C73H124O6/c1-4-7-10-13-15-17-19-21-23-25-27-29-31-33-34-35-36-37-38-40-41-43-45-47-49-51-53-55-57-60-63-66-72(75)78-69-70(68-77-71(74)65-62-59-12-9-6-3)79-73(76)67-64-61-58-56-54-52-50-48-46-44-42-39-32-30-28-26-24-22-20-18-16-14-11-8-5-2/h7-8,10-11,15-18,21-24,27-30,39,42,70H,4-6,9,12-14,19-20,25-26,31-38,40-41,43-69H2,1-3H3/b10-7-,11-8-,17-15-,18-16-,23-21-,24-22-,29-27-,30-28-,42-39-. The lowest BCUT2D eigenvalue weighted by Gasteiger charge is -2.18. The fourth-order valence-electron chi connectivity index (χ4n) is 9.35. The summed E-state index contributed by atoms with van der Waals surface area (Å²) in [5.41, 5.74) is 0. The van der Waals surface area contributed by atoms with Crippen molar-refractivity contribution in [3.63, 3.8) is 0 Å². The Bertz CT molecular complexity index is 1590. The van der Waals surface area contributed by atoms with Gasteiger partial charge in [-0.05, 0) is 103 Å². The Morgan fingerprint density at radius 1 is 0.266 bits per heavy atom. The minimum atomic E-state index is -0.778. The van der Waals surface area contributed by atoms with E-state index >= 15 is 0 Å². The van der Waals surface area contributed by atoms with Crippen molar-refractivity contribution in [3.05, 3.63) is 109 Å². The van der Waals surface area contributed by atoms with Gasteiger partial charge in [0.2, 0.25) is 0 Å². The highest BCUT2D eigenvalue weighted by Gasteiger charge is 2.19. The second kappa shape index (κ2) is 66.6. The average Bonchev–Trinajstić information content (AvgIpc) is 3.45. The van der Waals surface area contributed by atoms with E-state index in [-0.39, 0.29) is 31.1 Å². The first kappa shape index (κ1) is 75.1. The van der Waals surface area contributed by atoms with Crippen molar-refractivity contribution >= 4 is 17.9 Å². The van der Waals surface area contributed by atoms with E-state index in [2.05, 4.69) is 130 Å². The quantitative estimate of drug-likeness (QED) is 0.0261. The van der Waals surface area contributed by atoms with Gasteiger partial charge in [0, 0.05) is 19.3 Å². The van der Waals surface area contributed by atoms with E-state index in [1.54, 1.807) is 0 Å². The summed E-state index contributed by atoms with van der Waals surface area (Å²) in [4.78, 5) is 38.0. The number of allylic oxidation sites excluding steroid dienone is 18. The predicted octanol–water partition coefficient (Wildman–Crippen LogP) is 23.0. The molecule has 0 saturated heterocycles. The largest absolute Gasteiger partial charge is 0.462 e. The molecule has 0 fully saturated rings. The number of carbonyl (C=O) groups is 3. The zero-order valence-corrected chi connectivity index (χ0v) is 51.9. The lowest BCUT2D eigenvalue weighted by molar-refractivity contribution is -0.167. The van der Waals surface area contributed by atoms with Crippen molar-refractivity contribution in [1.29, 1.82) is 0 Å². The lowest BCUT2D eigenvalue weighted by Crippen LogP contribution is -2.30. The molecule has 0 rings (SSSR count). The molecule has 1 atom stereocenters. The Kier molecular flexibility index (Phi) is 63.3. The number of hydrogen-bond donors (Lipinski definition) is 0. The Balaban J connectivity index is 4.00. The van der Waals surface area contributed by atoms with Crippen molar-refractivity contribution in [2.45, 2.75) is 322 Å². The first-order chi connectivity index (χ1) is 39.0. The fraction of sp³-hybridized carbons (Fsp3) is 0.712. The molecule has 0 heterocycles.